The summed E-state index contributed by atoms with van der Waals surface area (Å²) in [5, 5.41) is 12.2. The highest BCUT2D eigenvalue weighted by Gasteiger charge is 2.35. The van der Waals surface area contributed by atoms with Crippen LogP contribution in [0.5, 0.6) is 5.75 Å². The van der Waals surface area contributed by atoms with Crippen molar-refractivity contribution in [1.82, 2.24) is 15.1 Å². The van der Waals surface area contributed by atoms with Gasteiger partial charge in [-0.3, -0.25) is 14.9 Å². The number of carbonyl (C=O) groups is 2. The zero-order valence-electron chi connectivity index (χ0n) is 16.7. The molecule has 0 unspecified atom stereocenters. The minimum Gasteiger partial charge on any atom is -0.497 e. The number of carbonyl (C=O) groups excluding carboxylic acids is 2. The van der Waals surface area contributed by atoms with Crippen LogP contribution in [0.25, 0.3) is 10.6 Å². The van der Waals surface area contributed by atoms with Crippen LogP contribution in [-0.2, 0) is 9.59 Å². The smallest absolute Gasteiger partial charge is 0.249 e. The van der Waals surface area contributed by atoms with Crippen LogP contribution < -0.4 is 10.1 Å². The lowest BCUT2D eigenvalue weighted by Crippen LogP contribution is -2.44. The van der Waals surface area contributed by atoms with Gasteiger partial charge in [-0.15, -0.1) is 10.2 Å². The van der Waals surface area contributed by atoms with Crippen molar-refractivity contribution in [3.63, 3.8) is 0 Å². The molecule has 0 aliphatic carbocycles. The summed E-state index contributed by atoms with van der Waals surface area (Å²) in [4.78, 5) is 27.0. The molecule has 8 heteroatoms. The van der Waals surface area contributed by atoms with E-state index in [0.717, 1.165) is 17.7 Å². The molecule has 1 aliphatic heterocycles. The molecule has 1 aromatic carbocycles. The standard InChI is InChI=1S/C20H26N4O3S/c1-20(2,3)12-16(25)24-10-6-9-15(24)17(26)21-19-23-22-18(28-19)13-7-5-8-14(11-13)27-4/h5,7-8,11,15H,6,9-10,12H2,1-4H3,(H,21,23,26)/t15-/m0/s1. The molecule has 1 atom stereocenters. The van der Waals surface area contributed by atoms with Crippen molar-refractivity contribution in [2.45, 2.75) is 46.1 Å². The molecule has 1 N–H and O–H groups in total. The third-order valence-electron chi connectivity index (χ3n) is 4.53. The number of nitrogens with one attached hydrogen (secondary N) is 1. The van der Waals surface area contributed by atoms with Crippen molar-refractivity contribution < 1.29 is 14.3 Å². The lowest BCUT2D eigenvalue weighted by atomic mass is 9.91. The number of nitrogens with zero attached hydrogens (tertiary/aromatic N) is 3. The Balaban J connectivity index is 1.67. The zero-order valence-corrected chi connectivity index (χ0v) is 17.5. The normalized spacial score (nSPS) is 16.9. The molecule has 0 saturated carbocycles. The van der Waals surface area contributed by atoms with E-state index in [9.17, 15) is 9.59 Å². The van der Waals surface area contributed by atoms with Crippen LogP contribution in [0.4, 0.5) is 5.13 Å². The Morgan fingerprint density at radius 3 is 2.82 bits per heavy atom. The second-order valence-corrected chi connectivity index (χ2v) is 9.09. The van der Waals surface area contributed by atoms with E-state index in [-0.39, 0.29) is 17.2 Å². The molecule has 0 spiro atoms. The topological polar surface area (TPSA) is 84.4 Å². The van der Waals surface area contributed by atoms with Gasteiger partial charge in [0.05, 0.1) is 7.11 Å². The molecule has 7 nitrogen and oxygen atoms in total. The van der Waals surface area contributed by atoms with Crippen molar-refractivity contribution >= 4 is 28.3 Å². The Kier molecular flexibility index (Phi) is 5.98. The van der Waals surface area contributed by atoms with Gasteiger partial charge in [-0.2, -0.15) is 0 Å². The molecule has 0 bridgehead atoms. The van der Waals surface area contributed by atoms with Gasteiger partial charge in [-0.05, 0) is 30.4 Å². The number of likely N-dealkylation sites (tertiary alicyclic amines) is 1. The Labute approximate surface area is 169 Å². The highest BCUT2D eigenvalue weighted by Crippen LogP contribution is 2.30. The summed E-state index contributed by atoms with van der Waals surface area (Å²) in [7, 11) is 1.61. The Bertz CT molecular complexity index is 859. The van der Waals surface area contributed by atoms with Crippen molar-refractivity contribution in [2.75, 3.05) is 19.0 Å². The average Bonchev–Trinajstić information content (AvgIpc) is 3.30. The van der Waals surface area contributed by atoms with Gasteiger partial charge in [0.25, 0.3) is 0 Å². The molecule has 2 amide bonds. The predicted octanol–water partition coefficient (Wildman–Crippen LogP) is 3.58. The number of ether oxygens (including phenoxy) is 1. The van der Waals surface area contributed by atoms with E-state index in [1.54, 1.807) is 12.0 Å². The maximum absolute atomic E-state index is 12.8. The molecule has 1 aliphatic rings. The third-order valence-corrected chi connectivity index (χ3v) is 5.42. The molecule has 1 fully saturated rings. The molecule has 28 heavy (non-hydrogen) atoms. The van der Waals surface area contributed by atoms with Crippen LogP contribution in [0.1, 0.15) is 40.0 Å². The van der Waals surface area contributed by atoms with Crippen molar-refractivity contribution in [1.29, 1.82) is 0 Å². The number of benzene rings is 1. The average molecular weight is 403 g/mol. The van der Waals surface area contributed by atoms with E-state index >= 15 is 0 Å². The number of hydrogen-bond acceptors (Lipinski definition) is 6. The maximum atomic E-state index is 12.8. The summed E-state index contributed by atoms with van der Waals surface area (Å²) in [6.45, 7) is 6.70. The van der Waals surface area contributed by atoms with Crippen LogP contribution in [-0.4, -0.2) is 46.6 Å². The van der Waals surface area contributed by atoms with Crippen molar-refractivity contribution in [3.05, 3.63) is 24.3 Å². The predicted molar refractivity (Wildman–Crippen MR) is 109 cm³/mol. The zero-order chi connectivity index (χ0) is 20.3. The maximum Gasteiger partial charge on any atom is 0.249 e. The van der Waals surface area contributed by atoms with Gasteiger partial charge in [0.1, 0.15) is 16.8 Å². The monoisotopic (exact) mass is 402 g/mol. The summed E-state index contributed by atoms with van der Waals surface area (Å²) in [6, 6.07) is 7.08. The van der Waals surface area contributed by atoms with Crippen LogP contribution in [0.15, 0.2) is 24.3 Å². The molecule has 2 aromatic rings. The fraction of sp³-hybridized carbons (Fsp3) is 0.500. The Morgan fingerprint density at radius 2 is 2.11 bits per heavy atom. The van der Waals surface area contributed by atoms with Crippen LogP contribution in [0, 0.1) is 5.41 Å². The molecule has 1 aromatic heterocycles. The van der Waals surface area contributed by atoms with E-state index in [0.29, 0.717) is 29.5 Å². The molecule has 0 radical (unpaired) electrons. The largest absolute Gasteiger partial charge is 0.497 e. The second-order valence-electron chi connectivity index (χ2n) is 8.12. The van der Waals surface area contributed by atoms with E-state index in [1.807, 2.05) is 45.0 Å². The van der Waals surface area contributed by atoms with Gasteiger partial charge in [0.2, 0.25) is 16.9 Å². The lowest BCUT2D eigenvalue weighted by Gasteiger charge is -2.27. The minimum absolute atomic E-state index is 0.0273. The number of hydrogen-bond donors (Lipinski definition) is 1. The van der Waals surface area contributed by atoms with Gasteiger partial charge < -0.3 is 9.64 Å². The summed E-state index contributed by atoms with van der Waals surface area (Å²) in [6.07, 6.45) is 1.93. The number of aromatic nitrogens is 2. The van der Waals surface area contributed by atoms with Gasteiger partial charge in [0.15, 0.2) is 0 Å². The first-order valence-electron chi connectivity index (χ1n) is 9.35. The highest BCUT2D eigenvalue weighted by atomic mass is 32.1. The van der Waals surface area contributed by atoms with Crippen molar-refractivity contribution in [3.8, 4) is 16.3 Å². The minimum atomic E-state index is -0.445. The Morgan fingerprint density at radius 1 is 1.32 bits per heavy atom. The number of anilines is 1. The summed E-state index contributed by atoms with van der Waals surface area (Å²) >= 11 is 1.30. The molecular formula is C20H26N4O3S. The molecular weight excluding hydrogens is 376 g/mol. The molecule has 1 saturated heterocycles. The third kappa shape index (κ3) is 4.86. The van der Waals surface area contributed by atoms with Crippen LogP contribution in [0.3, 0.4) is 0 Å². The first-order chi connectivity index (χ1) is 13.3. The van der Waals surface area contributed by atoms with E-state index < -0.39 is 6.04 Å². The number of methoxy groups -OCH3 is 1. The summed E-state index contributed by atoms with van der Waals surface area (Å²) < 4.78 is 5.23. The van der Waals surface area contributed by atoms with Gasteiger partial charge in [-0.1, -0.05) is 44.2 Å². The fourth-order valence-electron chi connectivity index (χ4n) is 3.23. The fourth-order valence-corrected chi connectivity index (χ4v) is 3.97. The van der Waals surface area contributed by atoms with Gasteiger partial charge in [-0.25, -0.2) is 0 Å². The molecule has 3 rings (SSSR count). The molecule has 2 heterocycles. The first kappa shape index (κ1) is 20.3. The van der Waals surface area contributed by atoms with Gasteiger partial charge in [0, 0.05) is 18.5 Å². The van der Waals surface area contributed by atoms with E-state index in [1.165, 1.54) is 11.3 Å². The Hall–Kier alpha value is -2.48. The second kappa shape index (κ2) is 8.26. The number of amides is 2. The van der Waals surface area contributed by atoms with Crippen LogP contribution >= 0.6 is 11.3 Å². The van der Waals surface area contributed by atoms with Crippen LogP contribution in [0.2, 0.25) is 0 Å². The number of rotatable bonds is 5. The van der Waals surface area contributed by atoms with E-state index in [2.05, 4.69) is 15.5 Å². The lowest BCUT2D eigenvalue weighted by molar-refractivity contribution is -0.138. The van der Waals surface area contributed by atoms with E-state index in [4.69, 9.17) is 4.74 Å². The SMILES string of the molecule is COc1cccc(-c2nnc(NC(=O)[C@@H]3CCCN3C(=O)CC(C)(C)C)s2)c1. The van der Waals surface area contributed by atoms with Gasteiger partial charge >= 0.3 is 0 Å². The highest BCUT2D eigenvalue weighted by molar-refractivity contribution is 7.18. The summed E-state index contributed by atoms with van der Waals surface area (Å²) in [5.41, 5.74) is 0.770. The first-order valence-corrected chi connectivity index (χ1v) is 10.2. The van der Waals surface area contributed by atoms with Crippen molar-refractivity contribution in [2.24, 2.45) is 5.41 Å². The molecule has 150 valence electrons. The summed E-state index contributed by atoms with van der Waals surface area (Å²) in [5.74, 6) is 0.560. The quantitative estimate of drug-likeness (QED) is 0.826.